The Morgan fingerprint density at radius 1 is 1.04 bits per heavy atom. The van der Waals surface area contributed by atoms with Crippen molar-refractivity contribution in [3.8, 4) is 0 Å². The van der Waals surface area contributed by atoms with E-state index >= 15 is 0 Å². The molecule has 1 N–H and O–H groups in total. The van der Waals surface area contributed by atoms with E-state index in [2.05, 4.69) is 26.1 Å². The highest BCUT2D eigenvalue weighted by Crippen LogP contribution is 2.27. The van der Waals surface area contributed by atoms with Gasteiger partial charge in [-0.25, -0.2) is 0 Å². The van der Waals surface area contributed by atoms with Gasteiger partial charge >= 0.3 is 0 Å². The van der Waals surface area contributed by atoms with Crippen molar-refractivity contribution in [1.29, 1.82) is 0 Å². The Morgan fingerprint density at radius 2 is 1.73 bits per heavy atom. The predicted molar refractivity (Wildman–Crippen MR) is 106 cm³/mol. The van der Waals surface area contributed by atoms with Gasteiger partial charge in [0.1, 0.15) is 6.42 Å². The summed E-state index contributed by atoms with van der Waals surface area (Å²) in [7, 11) is 0. The molecular weight excluding hydrogens is 324 g/mol. The molecule has 1 heterocycles. The average Bonchev–Trinajstić information content (AvgIpc) is 2.60. The van der Waals surface area contributed by atoms with Gasteiger partial charge in [0.05, 0.1) is 0 Å². The quantitative estimate of drug-likeness (QED) is 0.840. The van der Waals surface area contributed by atoms with Crippen LogP contribution in [0.2, 0.25) is 0 Å². The number of benzene rings is 2. The third-order valence-electron chi connectivity index (χ3n) is 4.76. The normalized spacial score (nSPS) is 13.9. The molecule has 1 aliphatic heterocycles. The topological polar surface area (TPSA) is 49.4 Å². The smallest absolute Gasteiger partial charge is 0.236 e. The minimum absolute atomic E-state index is 0.0696. The van der Waals surface area contributed by atoms with Gasteiger partial charge in [0.25, 0.3) is 0 Å². The first-order valence-corrected chi connectivity index (χ1v) is 9.13. The number of carbonyl (C=O) groups excluding carboxylic acids is 2. The van der Waals surface area contributed by atoms with E-state index < -0.39 is 0 Å². The number of carbonyl (C=O) groups is 2. The minimum atomic E-state index is -0.276. The summed E-state index contributed by atoms with van der Waals surface area (Å²) < 4.78 is 0. The number of nitrogens with zero attached hydrogens (tertiary/aromatic N) is 1. The zero-order chi connectivity index (χ0) is 18.7. The lowest BCUT2D eigenvalue weighted by Gasteiger charge is -2.29. The van der Waals surface area contributed by atoms with E-state index in [0.29, 0.717) is 6.54 Å². The summed E-state index contributed by atoms with van der Waals surface area (Å²) in [5, 5.41) is 2.83. The molecule has 3 rings (SSSR count). The van der Waals surface area contributed by atoms with Crippen molar-refractivity contribution in [2.75, 3.05) is 16.8 Å². The maximum atomic E-state index is 12.6. The highest BCUT2D eigenvalue weighted by atomic mass is 16.2. The van der Waals surface area contributed by atoms with Gasteiger partial charge in [-0.15, -0.1) is 0 Å². The Bertz CT molecular complexity index is 804. The highest BCUT2D eigenvalue weighted by molar-refractivity contribution is 6.09. The number of nitrogens with one attached hydrogen (secondary N) is 1. The van der Waals surface area contributed by atoms with Crippen LogP contribution in [0.4, 0.5) is 11.4 Å². The molecule has 0 spiro atoms. The number of fused-ring (bicyclic) bond motifs is 1. The zero-order valence-electron chi connectivity index (χ0n) is 15.7. The van der Waals surface area contributed by atoms with E-state index in [1.54, 1.807) is 4.90 Å². The van der Waals surface area contributed by atoms with Crippen molar-refractivity contribution < 1.29 is 9.59 Å². The summed E-state index contributed by atoms with van der Waals surface area (Å²) >= 11 is 0. The molecule has 0 aromatic heterocycles. The Morgan fingerprint density at radius 3 is 2.42 bits per heavy atom. The molecule has 0 aliphatic carbocycles. The molecule has 0 bridgehead atoms. The lowest BCUT2D eigenvalue weighted by atomic mass is 9.87. The van der Waals surface area contributed by atoms with Crippen molar-refractivity contribution in [2.45, 2.75) is 45.4 Å². The van der Waals surface area contributed by atoms with Crippen LogP contribution in [0.25, 0.3) is 0 Å². The van der Waals surface area contributed by atoms with Crippen LogP contribution in [-0.2, 0) is 21.4 Å². The predicted octanol–water partition coefficient (Wildman–Crippen LogP) is 4.29. The standard InChI is InChI=1S/C22H26N2O2/c1-22(2,3)17-10-12-18(13-11-17)23-20(25)15-21(26)24-14-6-8-16-7-4-5-9-19(16)24/h4-5,7,9-13H,6,8,14-15H2,1-3H3,(H,23,25). The molecule has 2 aromatic carbocycles. The van der Waals surface area contributed by atoms with Crippen LogP contribution in [0.3, 0.4) is 0 Å². The first-order valence-electron chi connectivity index (χ1n) is 9.13. The van der Waals surface area contributed by atoms with E-state index in [1.807, 2.05) is 48.5 Å². The zero-order valence-corrected chi connectivity index (χ0v) is 15.7. The summed E-state index contributed by atoms with van der Waals surface area (Å²) in [4.78, 5) is 26.7. The summed E-state index contributed by atoms with van der Waals surface area (Å²) in [5.74, 6) is -0.428. The van der Waals surface area contributed by atoms with Crippen LogP contribution in [0, 0.1) is 0 Å². The van der Waals surface area contributed by atoms with Crippen LogP contribution < -0.4 is 10.2 Å². The van der Waals surface area contributed by atoms with Crippen LogP contribution in [0.1, 0.15) is 44.7 Å². The van der Waals surface area contributed by atoms with Crippen LogP contribution in [0.5, 0.6) is 0 Å². The fourth-order valence-corrected chi connectivity index (χ4v) is 3.28. The van der Waals surface area contributed by atoms with Gasteiger partial charge in [-0.3, -0.25) is 9.59 Å². The fourth-order valence-electron chi connectivity index (χ4n) is 3.28. The maximum absolute atomic E-state index is 12.6. The second-order valence-corrected chi connectivity index (χ2v) is 7.83. The molecule has 2 aromatic rings. The van der Waals surface area contributed by atoms with E-state index in [0.717, 1.165) is 24.2 Å². The minimum Gasteiger partial charge on any atom is -0.326 e. The van der Waals surface area contributed by atoms with Gasteiger partial charge in [0, 0.05) is 17.9 Å². The highest BCUT2D eigenvalue weighted by Gasteiger charge is 2.24. The Balaban J connectivity index is 1.63. The van der Waals surface area contributed by atoms with Crippen molar-refractivity contribution in [3.63, 3.8) is 0 Å². The molecule has 0 atom stereocenters. The molecule has 4 nitrogen and oxygen atoms in total. The van der Waals surface area contributed by atoms with Gasteiger partial charge in [-0.05, 0) is 47.6 Å². The molecule has 2 amide bonds. The number of hydrogen-bond acceptors (Lipinski definition) is 2. The molecule has 0 saturated heterocycles. The Kier molecular flexibility index (Phi) is 5.12. The van der Waals surface area contributed by atoms with Crippen LogP contribution >= 0.6 is 0 Å². The number of aryl methyl sites for hydroxylation is 1. The van der Waals surface area contributed by atoms with Gasteiger partial charge < -0.3 is 10.2 Å². The van der Waals surface area contributed by atoms with Crippen molar-refractivity contribution >= 4 is 23.2 Å². The van der Waals surface area contributed by atoms with E-state index in [9.17, 15) is 9.59 Å². The van der Waals surface area contributed by atoms with Gasteiger partial charge in [-0.2, -0.15) is 0 Å². The Hall–Kier alpha value is -2.62. The first kappa shape index (κ1) is 18.2. The first-order chi connectivity index (χ1) is 12.3. The van der Waals surface area contributed by atoms with Crippen LogP contribution in [0.15, 0.2) is 48.5 Å². The Labute approximate surface area is 155 Å². The van der Waals surface area contributed by atoms with Crippen molar-refractivity contribution in [3.05, 3.63) is 59.7 Å². The second-order valence-electron chi connectivity index (χ2n) is 7.83. The lowest BCUT2D eigenvalue weighted by molar-refractivity contribution is -0.125. The number of hydrogen-bond donors (Lipinski definition) is 1. The third-order valence-corrected chi connectivity index (χ3v) is 4.76. The molecule has 26 heavy (non-hydrogen) atoms. The number of anilines is 2. The van der Waals surface area contributed by atoms with E-state index in [1.165, 1.54) is 11.1 Å². The molecule has 0 unspecified atom stereocenters. The molecule has 0 radical (unpaired) electrons. The monoisotopic (exact) mass is 350 g/mol. The number of rotatable bonds is 3. The number of amides is 2. The fraction of sp³-hybridized carbons (Fsp3) is 0.364. The lowest BCUT2D eigenvalue weighted by Crippen LogP contribution is -2.37. The molecule has 0 saturated carbocycles. The summed E-state index contributed by atoms with van der Waals surface area (Å²) in [6.07, 6.45) is 1.76. The summed E-state index contributed by atoms with van der Waals surface area (Å²) in [5.41, 5.74) is 4.10. The van der Waals surface area contributed by atoms with Gasteiger partial charge in [0.2, 0.25) is 11.8 Å². The maximum Gasteiger partial charge on any atom is 0.236 e. The van der Waals surface area contributed by atoms with E-state index in [4.69, 9.17) is 0 Å². The van der Waals surface area contributed by atoms with Crippen molar-refractivity contribution in [1.82, 2.24) is 0 Å². The molecule has 1 aliphatic rings. The summed E-state index contributed by atoms with van der Waals surface area (Å²) in [6.45, 7) is 7.12. The molecule has 4 heteroatoms. The SMILES string of the molecule is CC(C)(C)c1ccc(NC(=O)CC(=O)N2CCCc3ccccc32)cc1. The molecular formula is C22H26N2O2. The second kappa shape index (κ2) is 7.32. The van der Waals surface area contributed by atoms with E-state index in [-0.39, 0.29) is 23.7 Å². The third kappa shape index (κ3) is 4.13. The van der Waals surface area contributed by atoms with Crippen molar-refractivity contribution in [2.24, 2.45) is 0 Å². The van der Waals surface area contributed by atoms with Gasteiger partial charge in [-0.1, -0.05) is 51.1 Å². The summed E-state index contributed by atoms with van der Waals surface area (Å²) in [6, 6.07) is 15.7. The average molecular weight is 350 g/mol. The van der Waals surface area contributed by atoms with Gasteiger partial charge in [0.15, 0.2) is 0 Å². The molecule has 136 valence electrons. The largest absolute Gasteiger partial charge is 0.326 e. The molecule has 0 fully saturated rings. The van der Waals surface area contributed by atoms with Crippen LogP contribution in [-0.4, -0.2) is 18.4 Å². The number of para-hydroxylation sites is 1.